The molecule has 1 rings (SSSR count). The highest BCUT2D eigenvalue weighted by atomic mass is 16.3. The van der Waals surface area contributed by atoms with Crippen molar-refractivity contribution >= 4 is 11.6 Å². The number of nitrogens with zero attached hydrogens (tertiary/aromatic N) is 2. The molecule has 0 fully saturated rings. The highest BCUT2D eigenvalue weighted by molar-refractivity contribution is 5.48. The second-order valence-corrected chi connectivity index (χ2v) is 5.24. The number of aliphatic hydroxyl groups is 1. The summed E-state index contributed by atoms with van der Waals surface area (Å²) in [6, 6.07) is 1.82. The summed E-state index contributed by atoms with van der Waals surface area (Å²) >= 11 is 0. The lowest BCUT2D eigenvalue weighted by atomic mass is 9.86. The molecule has 1 heterocycles. The average Bonchev–Trinajstić information content (AvgIpc) is 2.14. The molecule has 0 bridgehead atoms. The van der Waals surface area contributed by atoms with Crippen LogP contribution in [0.1, 0.15) is 33.5 Å². The molecule has 5 heteroatoms. The Hall–Kier alpha value is -1.36. The number of hydrogen-bond donors (Lipinski definition) is 3. The largest absolute Gasteiger partial charge is 0.388 e. The molecule has 0 aliphatic rings. The number of aromatic nitrogens is 2. The fraction of sp³-hybridized carbons (Fsp3) is 0.667. The van der Waals surface area contributed by atoms with E-state index in [0.29, 0.717) is 11.6 Å². The molecule has 0 atom stereocenters. The Bertz CT molecular complexity index is 396. The van der Waals surface area contributed by atoms with Gasteiger partial charge in [-0.15, -0.1) is 0 Å². The molecule has 0 saturated carbocycles. The molecule has 0 aliphatic heterocycles. The minimum atomic E-state index is -0.855. The SMILES string of the molecule is CNc1cc(NC(C)(C)C(C)(C)O)nc(C)n1. The normalized spacial score (nSPS) is 12.4. The second kappa shape index (κ2) is 4.49. The smallest absolute Gasteiger partial charge is 0.132 e. The van der Waals surface area contributed by atoms with Crippen LogP contribution in [0.2, 0.25) is 0 Å². The van der Waals surface area contributed by atoms with Gasteiger partial charge in [-0.25, -0.2) is 9.97 Å². The van der Waals surface area contributed by atoms with Gasteiger partial charge in [0, 0.05) is 13.1 Å². The summed E-state index contributed by atoms with van der Waals surface area (Å²) in [6.07, 6.45) is 0. The molecule has 3 N–H and O–H groups in total. The van der Waals surface area contributed by atoms with Crippen LogP contribution < -0.4 is 10.6 Å². The van der Waals surface area contributed by atoms with Gasteiger partial charge in [-0.3, -0.25) is 0 Å². The maximum atomic E-state index is 10.1. The Morgan fingerprint density at radius 3 is 2.12 bits per heavy atom. The van der Waals surface area contributed by atoms with Crippen LogP contribution in [0.5, 0.6) is 0 Å². The third-order valence-corrected chi connectivity index (χ3v) is 3.06. The Morgan fingerprint density at radius 2 is 1.65 bits per heavy atom. The molecule has 96 valence electrons. The van der Waals surface area contributed by atoms with Crippen LogP contribution in [0.4, 0.5) is 11.6 Å². The van der Waals surface area contributed by atoms with E-state index in [0.717, 1.165) is 5.82 Å². The van der Waals surface area contributed by atoms with Crippen LogP contribution >= 0.6 is 0 Å². The first-order chi connectivity index (χ1) is 7.65. The van der Waals surface area contributed by atoms with Crippen molar-refractivity contribution in [3.63, 3.8) is 0 Å². The van der Waals surface area contributed by atoms with Gasteiger partial charge < -0.3 is 15.7 Å². The lowest BCUT2D eigenvalue weighted by Gasteiger charge is -2.38. The van der Waals surface area contributed by atoms with Crippen molar-refractivity contribution in [1.29, 1.82) is 0 Å². The zero-order valence-corrected chi connectivity index (χ0v) is 11.4. The monoisotopic (exact) mass is 238 g/mol. The standard InChI is InChI=1S/C12H22N4O/c1-8-14-9(13-6)7-10(15-8)16-11(2,3)12(4,5)17/h7,17H,1-6H3,(H2,13,14,15,16). The summed E-state index contributed by atoms with van der Waals surface area (Å²) in [7, 11) is 1.81. The molecule has 0 aliphatic carbocycles. The van der Waals surface area contributed by atoms with E-state index in [2.05, 4.69) is 20.6 Å². The van der Waals surface area contributed by atoms with Crippen molar-refractivity contribution in [3.8, 4) is 0 Å². The minimum absolute atomic E-state index is 0.487. The third-order valence-electron chi connectivity index (χ3n) is 3.06. The molecule has 0 aromatic carbocycles. The predicted octanol–water partition coefficient (Wildman–Crippen LogP) is 1.79. The Labute approximate surface area is 103 Å². The lowest BCUT2D eigenvalue weighted by molar-refractivity contribution is 0.0238. The zero-order valence-electron chi connectivity index (χ0n) is 11.4. The van der Waals surface area contributed by atoms with E-state index >= 15 is 0 Å². The summed E-state index contributed by atoms with van der Waals surface area (Å²) in [5.41, 5.74) is -1.34. The van der Waals surface area contributed by atoms with Gasteiger partial charge in [0.05, 0.1) is 11.1 Å². The molecule has 0 spiro atoms. The van der Waals surface area contributed by atoms with E-state index in [4.69, 9.17) is 0 Å². The van der Waals surface area contributed by atoms with Crippen LogP contribution in [0, 0.1) is 6.92 Å². The Morgan fingerprint density at radius 1 is 1.12 bits per heavy atom. The number of anilines is 2. The van der Waals surface area contributed by atoms with E-state index < -0.39 is 11.1 Å². The van der Waals surface area contributed by atoms with Crippen molar-refractivity contribution in [2.24, 2.45) is 0 Å². The molecule has 0 radical (unpaired) electrons. The van der Waals surface area contributed by atoms with Crippen molar-refractivity contribution in [1.82, 2.24) is 9.97 Å². The van der Waals surface area contributed by atoms with Crippen LogP contribution in [0.25, 0.3) is 0 Å². The number of nitrogens with one attached hydrogen (secondary N) is 2. The number of rotatable bonds is 4. The quantitative estimate of drug-likeness (QED) is 0.746. The van der Waals surface area contributed by atoms with E-state index in [1.54, 1.807) is 13.8 Å². The molecular weight excluding hydrogens is 216 g/mol. The van der Waals surface area contributed by atoms with Gasteiger partial charge in [0.25, 0.3) is 0 Å². The zero-order chi connectivity index (χ0) is 13.3. The summed E-state index contributed by atoms with van der Waals surface area (Å²) in [4.78, 5) is 8.53. The molecule has 1 aromatic rings. The van der Waals surface area contributed by atoms with Gasteiger partial charge >= 0.3 is 0 Å². The summed E-state index contributed by atoms with van der Waals surface area (Å²) in [5, 5.41) is 16.3. The van der Waals surface area contributed by atoms with Crippen molar-refractivity contribution in [2.75, 3.05) is 17.7 Å². The Balaban J connectivity index is 2.99. The number of aryl methyl sites for hydroxylation is 1. The molecule has 17 heavy (non-hydrogen) atoms. The first-order valence-electron chi connectivity index (χ1n) is 5.70. The number of hydrogen-bond acceptors (Lipinski definition) is 5. The maximum absolute atomic E-state index is 10.1. The van der Waals surface area contributed by atoms with E-state index in [1.807, 2.05) is 33.9 Å². The fourth-order valence-corrected chi connectivity index (χ4v) is 1.23. The summed E-state index contributed by atoms with van der Waals surface area (Å²) in [6.45, 7) is 9.25. The van der Waals surface area contributed by atoms with Crippen molar-refractivity contribution < 1.29 is 5.11 Å². The van der Waals surface area contributed by atoms with Crippen LogP contribution in [0.3, 0.4) is 0 Å². The molecule has 0 saturated heterocycles. The Kier molecular flexibility index (Phi) is 3.62. The van der Waals surface area contributed by atoms with Crippen LogP contribution in [-0.2, 0) is 0 Å². The predicted molar refractivity (Wildman–Crippen MR) is 70.3 cm³/mol. The van der Waals surface area contributed by atoms with Gasteiger partial charge in [-0.05, 0) is 34.6 Å². The van der Waals surface area contributed by atoms with Gasteiger partial charge in [-0.1, -0.05) is 0 Å². The van der Waals surface area contributed by atoms with Crippen LogP contribution in [0.15, 0.2) is 6.07 Å². The highest BCUT2D eigenvalue weighted by Gasteiger charge is 2.35. The maximum Gasteiger partial charge on any atom is 0.132 e. The molecular formula is C12H22N4O. The van der Waals surface area contributed by atoms with Gasteiger partial charge in [0.15, 0.2) is 0 Å². The first kappa shape index (κ1) is 13.7. The van der Waals surface area contributed by atoms with Crippen molar-refractivity contribution in [3.05, 3.63) is 11.9 Å². The highest BCUT2D eigenvalue weighted by Crippen LogP contribution is 2.25. The molecule has 0 unspecified atom stereocenters. The van der Waals surface area contributed by atoms with Crippen molar-refractivity contribution in [2.45, 2.75) is 45.8 Å². The molecule has 0 amide bonds. The topological polar surface area (TPSA) is 70.1 Å². The van der Waals surface area contributed by atoms with Gasteiger partial charge in [0.2, 0.25) is 0 Å². The average molecular weight is 238 g/mol. The second-order valence-electron chi connectivity index (χ2n) is 5.24. The van der Waals surface area contributed by atoms with E-state index in [-0.39, 0.29) is 0 Å². The third kappa shape index (κ3) is 3.30. The van der Waals surface area contributed by atoms with Crippen LogP contribution in [-0.4, -0.2) is 33.3 Å². The van der Waals surface area contributed by atoms with E-state index in [9.17, 15) is 5.11 Å². The fourth-order valence-electron chi connectivity index (χ4n) is 1.23. The first-order valence-corrected chi connectivity index (χ1v) is 5.70. The van der Waals surface area contributed by atoms with E-state index in [1.165, 1.54) is 0 Å². The molecule has 5 nitrogen and oxygen atoms in total. The van der Waals surface area contributed by atoms with Gasteiger partial charge in [-0.2, -0.15) is 0 Å². The minimum Gasteiger partial charge on any atom is -0.388 e. The summed E-state index contributed by atoms with van der Waals surface area (Å²) in [5.74, 6) is 2.14. The van der Waals surface area contributed by atoms with Gasteiger partial charge in [0.1, 0.15) is 17.5 Å². The lowest BCUT2D eigenvalue weighted by Crippen LogP contribution is -2.51. The molecule has 1 aromatic heterocycles. The summed E-state index contributed by atoms with van der Waals surface area (Å²) < 4.78 is 0.